The largest absolute Gasteiger partial charge is 0.393 e. The first-order valence-electron chi connectivity index (χ1n) is 3.73. The molecule has 0 saturated carbocycles. The van der Waals surface area contributed by atoms with Crippen LogP contribution < -0.4 is 5.32 Å². The molecule has 11 heavy (non-hydrogen) atoms. The van der Waals surface area contributed by atoms with Crippen molar-refractivity contribution in [2.24, 2.45) is 0 Å². The smallest absolute Gasteiger partial charge is 0.0528 e. The van der Waals surface area contributed by atoms with Gasteiger partial charge >= 0.3 is 0 Å². The van der Waals surface area contributed by atoms with Gasteiger partial charge in [-0.25, -0.2) is 0 Å². The van der Waals surface area contributed by atoms with E-state index in [-0.39, 0.29) is 6.10 Å². The summed E-state index contributed by atoms with van der Waals surface area (Å²) in [6, 6.07) is 2.03. The van der Waals surface area contributed by atoms with Crippen molar-refractivity contribution in [3.63, 3.8) is 0 Å². The highest BCUT2D eigenvalue weighted by Crippen LogP contribution is 2.11. The highest BCUT2D eigenvalue weighted by atomic mass is 32.1. The molecule has 2 N–H and O–H groups in total. The normalized spacial score (nSPS) is 12.9. The van der Waals surface area contributed by atoms with Crippen LogP contribution in [0.2, 0.25) is 0 Å². The predicted octanol–water partition coefficient (Wildman–Crippen LogP) is 1.93. The van der Waals surface area contributed by atoms with Gasteiger partial charge in [-0.15, -0.1) is 0 Å². The summed E-state index contributed by atoms with van der Waals surface area (Å²) < 4.78 is 0. The topological polar surface area (TPSA) is 32.3 Å². The van der Waals surface area contributed by atoms with Gasteiger partial charge in [0, 0.05) is 17.6 Å². The fourth-order valence-corrected chi connectivity index (χ4v) is 1.40. The first-order valence-corrected chi connectivity index (χ1v) is 4.67. The van der Waals surface area contributed by atoms with Crippen molar-refractivity contribution in [1.29, 1.82) is 0 Å². The van der Waals surface area contributed by atoms with Gasteiger partial charge in [-0.05, 0) is 24.8 Å². The molecule has 62 valence electrons. The van der Waals surface area contributed by atoms with Crippen molar-refractivity contribution in [2.75, 3.05) is 11.9 Å². The van der Waals surface area contributed by atoms with Gasteiger partial charge in [0.15, 0.2) is 0 Å². The maximum atomic E-state index is 8.94. The molecular formula is C8H13NOS. The van der Waals surface area contributed by atoms with Crippen LogP contribution in [-0.4, -0.2) is 17.8 Å². The molecule has 1 heterocycles. The Hall–Kier alpha value is -0.540. The SMILES string of the molecule is CC(O)CCNc1ccsc1. The average molecular weight is 171 g/mol. The van der Waals surface area contributed by atoms with E-state index in [9.17, 15) is 0 Å². The number of hydrogen-bond donors (Lipinski definition) is 2. The second-order valence-electron chi connectivity index (χ2n) is 2.58. The van der Waals surface area contributed by atoms with Crippen LogP contribution in [0.4, 0.5) is 5.69 Å². The number of aliphatic hydroxyl groups is 1. The van der Waals surface area contributed by atoms with Crippen LogP contribution in [-0.2, 0) is 0 Å². The number of aliphatic hydroxyl groups excluding tert-OH is 1. The Balaban J connectivity index is 2.14. The molecule has 3 heteroatoms. The van der Waals surface area contributed by atoms with Crippen LogP contribution in [0, 0.1) is 0 Å². The molecule has 0 bridgehead atoms. The third kappa shape index (κ3) is 3.39. The summed E-state index contributed by atoms with van der Waals surface area (Å²) in [5, 5.41) is 16.2. The second-order valence-corrected chi connectivity index (χ2v) is 3.36. The van der Waals surface area contributed by atoms with E-state index in [1.54, 1.807) is 18.3 Å². The minimum absolute atomic E-state index is 0.207. The number of nitrogens with one attached hydrogen (secondary N) is 1. The summed E-state index contributed by atoms with van der Waals surface area (Å²) >= 11 is 1.67. The number of anilines is 1. The lowest BCUT2D eigenvalue weighted by atomic mass is 10.3. The highest BCUT2D eigenvalue weighted by molar-refractivity contribution is 7.08. The summed E-state index contributed by atoms with van der Waals surface area (Å²) in [4.78, 5) is 0. The molecule has 0 aliphatic rings. The van der Waals surface area contributed by atoms with Crippen molar-refractivity contribution in [1.82, 2.24) is 0 Å². The Bertz CT molecular complexity index is 184. The number of rotatable bonds is 4. The summed E-state index contributed by atoms with van der Waals surface area (Å²) in [5.74, 6) is 0. The Morgan fingerprint density at radius 3 is 3.09 bits per heavy atom. The van der Waals surface area contributed by atoms with Crippen molar-refractivity contribution >= 4 is 17.0 Å². The van der Waals surface area contributed by atoms with E-state index in [4.69, 9.17) is 5.11 Å². The highest BCUT2D eigenvalue weighted by Gasteiger charge is 1.94. The molecule has 1 unspecified atom stereocenters. The zero-order valence-corrected chi connectivity index (χ0v) is 7.40. The van der Waals surface area contributed by atoms with E-state index in [1.807, 2.05) is 11.4 Å². The zero-order chi connectivity index (χ0) is 8.10. The van der Waals surface area contributed by atoms with Crippen LogP contribution in [0.3, 0.4) is 0 Å². The average Bonchev–Trinajstić information content (AvgIpc) is 2.39. The standard InChI is InChI=1S/C8H13NOS/c1-7(10)2-4-9-8-3-5-11-6-8/h3,5-7,9-10H,2,4H2,1H3. The minimum atomic E-state index is -0.207. The zero-order valence-electron chi connectivity index (χ0n) is 6.58. The van der Waals surface area contributed by atoms with Gasteiger partial charge in [0.1, 0.15) is 0 Å². The van der Waals surface area contributed by atoms with Crippen molar-refractivity contribution < 1.29 is 5.11 Å². The molecular weight excluding hydrogens is 158 g/mol. The van der Waals surface area contributed by atoms with E-state index in [0.29, 0.717) is 0 Å². The van der Waals surface area contributed by atoms with Crippen LogP contribution in [0.1, 0.15) is 13.3 Å². The first-order chi connectivity index (χ1) is 5.29. The van der Waals surface area contributed by atoms with E-state index in [2.05, 4.69) is 10.7 Å². The van der Waals surface area contributed by atoms with Gasteiger partial charge in [0.05, 0.1) is 6.10 Å². The Labute approximate surface area is 70.9 Å². The van der Waals surface area contributed by atoms with Crippen LogP contribution in [0.25, 0.3) is 0 Å². The van der Waals surface area contributed by atoms with Crippen LogP contribution in [0.5, 0.6) is 0 Å². The molecule has 0 aliphatic heterocycles. The second kappa shape index (κ2) is 4.36. The predicted molar refractivity (Wildman–Crippen MR) is 49.1 cm³/mol. The third-order valence-corrected chi connectivity index (χ3v) is 2.10. The molecule has 1 aromatic heterocycles. The summed E-state index contributed by atoms with van der Waals surface area (Å²) in [6.45, 7) is 2.64. The molecule has 0 aromatic carbocycles. The maximum absolute atomic E-state index is 8.94. The van der Waals surface area contributed by atoms with Crippen molar-refractivity contribution in [2.45, 2.75) is 19.4 Å². The van der Waals surface area contributed by atoms with E-state index < -0.39 is 0 Å². The van der Waals surface area contributed by atoms with Gasteiger partial charge in [0.25, 0.3) is 0 Å². The van der Waals surface area contributed by atoms with E-state index in [1.165, 1.54) is 0 Å². The van der Waals surface area contributed by atoms with Gasteiger partial charge in [-0.1, -0.05) is 0 Å². The lowest BCUT2D eigenvalue weighted by molar-refractivity contribution is 0.189. The van der Waals surface area contributed by atoms with Crippen molar-refractivity contribution in [3.05, 3.63) is 16.8 Å². The quantitative estimate of drug-likeness (QED) is 0.725. The monoisotopic (exact) mass is 171 g/mol. The van der Waals surface area contributed by atoms with Gasteiger partial charge < -0.3 is 10.4 Å². The molecule has 0 saturated heterocycles. The molecule has 0 spiro atoms. The Morgan fingerprint density at radius 1 is 1.73 bits per heavy atom. The van der Waals surface area contributed by atoms with Crippen molar-refractivity contribution in [3.8, 4) is 0 Å². The number of hydrogen-bond acceptors (Lipinski definition) is 3. The van der Waals surface area contributed by atoms with Crippen LogP contribution in [0.15, 0.2) is 16.8 Å². The molecule has 1 atom stereocenters. The fraction of sp³-hybridized carbons (Fsp3) is 0.500. The van der Waals surface area contributed by atoms with Gasteiger partial charge in [-0.2, -0.15) is 11.3 Å². The minimum Gasteiger partial charge on any atom is -0.393 e. The molecule has 0 amide bonds. The summed E-state index contributed by atoms with van der Waals surface area (Å²) in [7, 11) is 0. The van der Waals surface area contributed by atoms with Gasteiger partial charge in [-0.3, -0.25) is 0 Å². The fourth-order valence-electron chi connectivity index (χ4n) is 0.790. The van der Waals surface area contributed by atoms with E-state index in [0.717, 1.165) is 18.7 Å². The number of thiophene rings is 1. The lowest BCUT2D eigenvalue weighted by Gasteiger charge is -2.04. The van der Waals surface area contributed by atoms with Gasteiger partial charge in [0.2, 0.25) is 0 Å². The third-order valence-electron chi connectivity index (χ3n) is 1.41. The first kappa shape index (κ1) is 8.56. The van der Waals surface area contributed by atoms with E-state index >= 15 is 0 Å². The lowest BCUT2D eigenvalue weighted by Crippen LogP contribution is -2.08. The summed E-state index contributed by atoms with van der Waals surface area (Å²) in [5.41, 5.74) is 1.15. The maximum Gasteiger partial charge on any atom is 0.0528 e. The molecule has 0 fully saturated rings. The molecule has 0 aliphatic carbocycles. The molecule has 1 aromatic rings. The van der Waals surface area contributed by atoms with Crippen LogP contribution >= 0.6 is 11.3 Å². The Kier molecular flexibility index (Phi) is 3.39. The molecule has 2 nitrogen and oxygen atoms in total. The summed E-state index contributed by atoms with van der Waals surface area (Å²) in [6.07, 6.45) is 0.594. The Morgan fingerprint density at radius 2 is 2.55 bits per heavy atom. The molecule has 1 rings (SSSR count). The molecule has 0 radical (unpaired) electrons.